The molecule has 4 aromatic rings. The van der Waals surface area contributed by atoms with E-state index in [4.69, 9.17) is 0 Å². The van der Waals surface area contributed by atoms with E-state index in [0.29, 0.717) is 6.54 Å². The van der Waals surface area contributed by atoms with Gasteiger partial charge in [-0.25, -0.2) is 4.79 Å². The van der Waals surface area contributed by atoms with Crippen LogP contribution in [-0.2, 0) is 6.54 Å². The number of aromatic amines is 1. The monoisotopic (exact) mass is 317 g/mol. The van der Waals surface area contributed by atoms with Gasteiger partial charge in [-0.15, -0.1) is 0 Å². The smallest absolute Gasteiger partial charge is 0.285 e. The van der Waals surface area contributed by atoms with Gasteiger partial charge in [0.25, 0.3) is 0 Å². The number of rotatable bonds is 4. The summed E-state index contributed by atoms with van der Waals surface area (Å²) in [5.74, 6) is 0. The Bertz CT molecular complexity index is 982. The highest BCUT2D eigenvalue weighted by molar-refractivity contribution is 5.62. The SMILES string of the molecule is O=c1n(Cc2ccccc2)cnn1-c1ccc(-c2cn[nH]c2)cc1. The summed E-state index contributed by atoms with van der Waals surface area (Å²) in [5, 5.41) is 11.0. The van der Waals surface area contributed by atoms with E-state index in [9.17, 15) is 4.79 Å². The molecule has 0 atom stereocenters. The predicted octanol–water partition coefficient (Wildman–Crippen LogP) is 2.47. The second-order valence-corrected chi connectivity index (χ2v) is 5.47. The fourth-order valence-corrected chi connectivity index (χ4v) is 2.60. The van der Waals surface area contributed by atoms with Crippen LogP contribution in [0, 0.1) is 0 Å². The molecule has 2 aromatic carbocycles. The van der Waals surface area contributed by atoms with E-state index < -0.39 is 0 Å². The van der Waals surface area contributed by atoms with Gasteiger partial charge in [0.1, 0.15) is 6.33 Å². The molecule has 6 nitrogen and oxygen atoms in total. The normalized spacial score (nSPS) is 10.8. The molecule has 2 aromatic heterocycles. The summed E-state index contributed by atoms with van der Waals surface area (Å²) >= 11 is 0. The maximum absolute atomic E-state index is 12.5. The fourth-order valence-electron chi connectivity index (χ4n) is 2.60. The summed E-state index contributed by atoms with van der Waals surface area (Å²) in [7, 11) is 0. The first-order chi connectivity index (χ1) is 11.8. The van der Waals surface area contributed by atoms with Crippen molar-refractivity contribution in [2.75, 3.05) is 0 Å². The Balaban J connectivity index is 1.62. The number of nitrogens with zero attached hydrogens (tertiary/aromatic N) is 4. The second kappa shape index (κ2) is 6.00. The topological polar surface area (TPSA) is 68.5 Å². The van der Waals surface area contributed by atoms with Crippen LogP contribution >= 0.6 is 0 Å². The van der Waals surface area contributed by atoms with Gasteiger partial charge >= 0.3 is 5.69 Å². The van der Waals surface area contributed by atoms with Gasteiger partial charge in [0.15, 0.2) is 0 Å². The second-order valence-electron chi connectivity index (χ2n) is 5.47. The lowest BCUT2D eigenvalue weighted by molar-refractivity contribution is 0.738. The molecule has 24 heavy (non-hydrogen) atoms. The molecule has 4 rings (SSSR count). The minimum Gasteiger partial charge on any atom is -0.285 e. The lowest BCUT2D eigenvalue weighted by Gasteiger charge is -2.02. The molecule has 1 N–H and O–H groups in total. The molecule has 118 valence electrons. The molecular weight excluding hydrogens is 302 g/mol. The van der Waals surface area contributed by atoms with E-state index in [0.717, 1.165) is 22.4 Å². The van der Waals surface area contributed by atoms with Crippen molar-refractivity contribution in [3.05, 3.63) is 89.4 Å². The number of nitrogens with one attached hydrogen (secondary N) is 1. The average molecular weight is 317 g/mol. The van der Waals surface area contributed by atoms with Crippen LogP contribution in [-0.4, -0.2) is 24.5 Å². The van der Waals surface area contributed by atoms with E-state index in [1.54, 1.807) is 17.1 Å². The van der Waals surface area contributed by atoms with Crippen LogP contribution in [0.25, 0.3) is 16.8 Å². The Morgan fingerprint density at radius 1 is 0.958 bits per heavy atom. The van der Waals surface area contributed by atoms with Crippen LogP contribution in [0.5, 0.6) is 0 Å². The summed E-state index contributed by atoms with van der Waals surface area (Å²) < 4.78 is 3.00. The van der Waals surface area contributed by atoms with Gasteiger partial charge in [-0.1, -0.05) is 42.5 Å². The summed E-state index contributed by atoms with van der Waals surface area (Å²) in [6.45, 7) is 0.507. The minimum atomic E-state index is -0.157. The van der Waals surface area contributed by atoms with Crippen molar-refractivity contribution in [2.45, 2.75) is 6.54 Å². The molecule has 0 spiro atoms. The first-order valence-corrected chi connectivity index (χ1v) is 7.59. The molecular formula is C18H15N5O. The molecule has 0 aliphatic carbocycles. The molecule has 0 saturated carbocycles. The Morgan fingerprint density at radius 2 is 1.75 bits per heavy atom. The van der Waals surface area contributed by atoms with Gasteiger partial charge in [-0.05, 0) is 23.3 Å². The molecule has 0 amide bonds. The highest BCUT2D eigenvalue weighted by Gasteiger charge is 2.08. The van der Waals surface area contributed by atoms with E-state index in [-0.39, 0.29) is 5.69 Å². The largest absolute Gasteiger partial charge is 0.350 e. The average Bonchev–Trinajstić information content (AvgIpc) is 3.27. The number of hydrogen-bond donors (Lipinski definition) is 1. The minimum absolute atomic E-state index is 0.157. The number of aromatic nitrogens is 5. The van der Waals surface area contributed by atoms with Crippen molar-refractivity contribution >= 4 is 0 Å². The van der Waals surface area contributed by atoms with Gasteiger partial charge in [-0.2, -0.15) is 14.9 Å². The molecule has 0 unspecified atom stereocenters. The van der Waals surface area contributed by atoms with Crippen LogP contribution in [0.4, 0.5) is 0 Å². The van der Waals surface area contributed by atoms with E-state index in [2.05, 4.69) is 15.3 Å². The fraction of sp³-hybridized carbons (Fsp3) is 0.0556. The number of benzene rings is 2. The van der Waals surface area contributed by atoms with Gasteiger partial charge in [0.2, 0.25) is 0 Å². The molecule has 0 aliphatic heterocycles. The van der Waals surface area contributed by atoms with Crippen LogP contribution in [0.15, 0.2) is 78.1 Å². The molecule has 0 saturated heterocycles. The first kappa shape index (κ1) is 14.2. The van der Waals surface area contributed by atoms with Crippen molar-refractivity contribution in [2.24, 2.45) is 0 Å². The van der Waals surface area contributed by atoms with Gasteiger partial charge in [-0.3, -0.25) is 9.67 Å². The Morgan fingerprint density at radius 3 is 2.46 bits per heavy atom. The highest BCUT2D eigenvalue weighted by Crippen LogP contribution is 2.18. The third-order valence-corrected chi connectivity index (χ3v) is 3.87. The van der Waals surface area contributed by atoms with Crippen LogP contribution in [0.1, 0.15) is 5.56 Å². The zero-order chi connectivity index (χ0) is 16.4. The molecule has 0 fully saturated rings. The van der Waals surface area contributed by atoms with Gasteiger partial charge < -0.3 is 0 Å². The van der Waals surface area contributed by atoms with E-state index in [1.165, 1.54) is 4.68 Å². The van der Waals surface area contributed by atoms with Crippen molar-refractivity contribution in [3.8, 4) is 16.8 Å². The highest BCUT2D eigenvalue weighted by atomic mass is 16.2. The van der Waals surface area contributed by atoms with Crippen molar-refractivity contribution in [1.82, 2.24) is 24.5 Å². The van der Waals surface area contributed by atoms with Gasteiger partial charge in [0.05, 0.1) is 18.4 Å². The molecule has 6 heteroatoms. The lowest BCUT2D eigenvalue weighted by atomic mass is 10.1. The van der Waals surface area contributed by atoms with E-state index in [1.807, 2.05) is 60.8 Å². The third kappa shape index (κ3) is 2.65. The maximum Gasteiger partial charge on any atom is 0.350 e. The zero-order valence-electron chi connectivity index (χ0n) is 12.8. The quantitative estimate of drug-likeness (QED) is 0.629. The molecule has 0 aliphatic rings. The predicted molar refractivity (Wildman–Crippen MR) is 90.9 cm³/mol. The number of H-pyrrole nitrogens is 1. The van der Waals surface area contributed by atoms with Crippen LogP contribution in [0.2, 0.25) is 0 Å². The Kier molecular flexibility index (Phi) is 3.55. The Labute approximate surface area is 138 Å². The summed E-state index contributed by atoms with van der Waals surface area (Å²) in [5.41, 5.74) is 3.68. The van der Waals surface area contributed by atoms with Crippen molar-refractivity contribution in [3.63, 3.8) is 0 Å². The molecule has 0 bridgehead atoms. The van der Waals surface area contributed by atoms with Crippen LogP contribution in [0.3, 0.4) is 0 Å². The summed E-state index contributed by atoms with van der Waals surface area (Å²) in [6, 6.07) is 17.5. The maximum atomic E-state index is 12.5. The number of hydrogen-bond acceptors (Lipinski definition) is 3. The summed E-state index contributed by atoms with van der Waals surface area (Å²) in [6.07, 6.45) is 5.16. The van der Waals surface area contributed by atoms with Crippen LogP contribution < -0.4 is 5.69 Å². The van der Waals surface area contributed by atoms with Crippen molar-refractivity contribution in [1.29, 1.82) is 0 Å². The van der Waals surface area contributed by atoms with Crippen molar-refractivity contribution < 1.29 is 0 Å². The van der Waals surface area contributed by atoms with E-state index >= 15 is 0 Å². The lowest BCUT2D eigenvalue weighted by Crippen LogP contribution is -2.24. The Hall–Kier alpha value is -3.41. The molecule has 0 radical (unpaired) electrons. The zero-order valence-corrected chi connectivity index (χ0v) is 12.8. The molecule has 2 heterocycles. The standard InChI is InChI=1S/C18H15N5O/c24-18-22(12-14-4-2-1-3-5-14)13-21-23(18)17-8-6-15(7-9-17)16-10-19-20-11-16/h1-11,13H,12H2,(H,19,20). The third-order valence-electron chi connectivity index (χ3n) is 3.87. The summed E-state index contributed by atoms with van der Waals surface area (Å²) in [4.78, 5) is 12.5. The first-order valence-electron chi connectivity index (χ1n) is 7.59. The van der Waals surface area contributed by atoms with Gasteiger partial charge in [0, 0.05) is 11.8 Å².